The summed E-state index contributed by atoms with van der Waals surface area (Å²) < 4.78 is 13.4. The first kappa shape index (κ1) is 13.1. The fraction of sp³-hybridized carbons (Fsp3) is 0.538. The van der Waals surface area contributed by atoms with Crippen LogP contribution in [0.2, 0.25) is 0 Å². The topological polar surface area (TPSA) is 43.1 Å². The number of nitrogens with two attached hydrogens (primary N) is 1. The van der Waals surface area contributed by atoms with Crippen LogP contribution in [0, 0.1) is 0 Å². The van der Waals surface area contributed by atoms with Gasteiger partial charge in [0.1, 0.15) is 0 Å². The van der Waals surface area contributed by atoms with Gasteiger partial charge in [0.05, 0.1) is 15.7 Å². The molecule has 2 nitrogen and oxygen atoms in total. The lowest BCUT2D eigenvalue weighted by Crippen LogP contribution is -2.15. The molecule has 0 aromatic heterocycles. The molecule has 1 aromatic carbocycles. The van der Waals surface area contributed by atoms with E-state index in [0.717, 1.165) is 22.2 Å². The van der Waals surface area contributed by atoms with Crippen molar-refractivity contribution in [2.45, 2.75) is 48.7 Å². The van der Waals surface area contributed by atoms with Crippen LogP contribution < -0.4 is 5.73 Å². The van der Waals surface area contributed by atoms with E-state index in [1.54, 1.807) is 0 Å². The number of benzene rings is 1. The fourth-order valence-corrected chi connectivity index (χ4v) is 4.33. The highest BCUT2D eigenvalue weighted by Crippen LogP contribution is 2.29. The van der Waals surface area contributed by atoms with Crippen molar-refractivity contribution in [2.24, 2.45) is 0 Å². The molecule has 1 unspecified atom stereocenters. The molecule has 1 fully saturated rings. The van der Waals surface area contributed by atoms with Crippen LogP contribution in [-0.4, -0.2) is 9.46 Å². The molecule has 1 aromatic rings. The van der Waals surface area contributed by atoms with Crippen LogP contribution in [0.5, 0.6) is 0 Å². The van der Waals surface area contributed by atoms with Crippen LogP contribution in [-0.2, 0) is 10.8 Å². The van der Waals surface area contributed by atoms with Crippen molar-refractivity contribution in [3.63, 3.8) is 0 Å². The maximum Gasteiger partial charge on any atom is 0.0621 e. The molecule has 1 saturated carbocycles. The minimum Gasteiger partial charge on any atom is -0.398 e. The van der Waals surface area contributed by atoms with Crippen molar-refractivity contribution in [1.29, 1.82) is 0 Å². The van der Waals surface area contributed by atoms with Crippen molar-refractivity contribution in [1.82, 2.24) is 0 Å². The Morgan fingerprint density at radius 1 is 1.18 bits per heavy atom. The van der Waals surface area contributed by atoms with Crippen LogP contribution >= 0.6 is 15.9 Å². The Balaban J connectivity index is 2.17. The summed E-state index contributed by atoms with van der Waals surface area (Å²) in [5.74, 6) is 0. The number of nitrogen functional groups attached to an aromatic ring is 1. The van der Waals surface area contributed by atoms with Crippen LogP contribution in [0.25, 0.3) is 0 Å². The predicted molar refractivity (Wildman–Crippen MR) is 76.5 cm³/mol. The monoisotopic (exact) mass is 315 g/mol. The van der Waals surface area contributed by atoms with E-state index < -0.39 is 10.8 Å². The maximum atomic E-state index is 12.5. The Kier molecular flexibility index (Phi) is 4.62. The molecular weight excluding hydrogens is 298 g/mol. The average molecular weight is 316 g/mol. The van der Waals surface area contributed by atoms with Gasteiger partial charge in [0.2, 0.25) is 0 Å². The van der Waals surface area contributed by atoms with Gasteiger partial charge in [-0.2, -0.15) is 0 Å². The number of halogens is 1. The smallest absolute Gasteiger partial charge is 0.0621 e. The van der Waals surface area contributed by atoms with Gasteiger partial charge < -0.3 is 5.73 Å². The molecule has 94 valence electrons. The summed E-state index contributed by atoms with van der Waals surface area (Å²) in [7, 11) is -0.947. The zero-order valence-electron chi connectivity index (χ0n) is 9.82. The fourth-order valence-electron chi connectivity index (χ4n) is 2.34. The van der Waals surface area contributed by atoms with Crippen LogP contribution in [0.3, 0.4) is 0 Å². The minimum absolute atomic E-state index is 0.293. The lowest BCUT2D eigenvalue weighted by atomic mass is 10.2. The quantitative estimate of drug-likeness (QED) is 0.665. The molecule has 0 aliphatic heterocycles. The average Bonchev–Trinajstić information content (AvgIpc) is 2.56. The Labute approximate surface area is 114 Å². The molecular formula is C13H18BrNOS. The summed E-state index contributed by atoms with van der Waals surface area (Å²) in [6.07, 6.45) is 7.11. The van der Waals surface area contributed by atoms with Crippen molar-refractivity contribution in [3.8, 4) is 0 Å². The van der Waals surface area contributed by atoms with Gasteiger partial charge in [0, 0.05) is 15.4 Å². The third kappa shape index (κ3) is 3.32. The largest absolute Gasteiger partial charge is 0.398 e. The number of hydrogen-bond acceptors (Lipinski definition) is 2. The molecule has 0 spiro atoms. The van der Waals surface area contributed by atoms with Gasteiger partial charge in [0.25, 0.3) is 0 Å². The van der Waals surface area contributed by atoms with E-state index in [2.05, 4.69) is 15.9 Å². The van der Waals surface area contributed by atoms with E-state index in [-0.39, 0.29) is 0 Å². The third-order valence-electron chi connectivity index (χ3n) is 3.29. The van der Waals surface area contributed by atoms with E-state index >= 15 is 0 Å². The van der Waals surface area contributed by atoms with Gasteiger partial charge in [0.15, 0.2) is 0 Å². The van der Waals surface area contributed by atoms with E-state index in [0.29, 0.717) is 10.9 Å². The van der Waals surface area contributed by atoms with Crippen molar-refractivity contribution < 1.29 is 4.21 Å². The summed E-state index contributed by atoms with van der Waals surface area (Å²) in [6.45, 7) is 0. The summed E-state index contributed by atoms with van der Waals surface area (Å²) in [4.78, 5) is 0.806. The van der Waals surface area contributed by atoms with Crippen molar-refractivity contribution in [2.75, 3.05) is 5.73 Å². The zero-order chi connectivity index (χ0) is 12.3. The molecule has 1 atom stereocenters. The molecule has 2 N–H and O–H groups in total. The minimum atomic E-state index is -0.947. The molecule has 2 rings (SSSR count). The number of hydrogen-bond donors (Lipinski definition) is 1. The summed E-state index contributed by atoms with van der Waals surface area (Å²) >= 11 is 3.37. The molecule has 1 aliphatic rings. The van der Waals surface area contributed by atoms with Gasteiger partial charge in [-0.25, -0.2) is 0 Å². The molecule has 0 heterocycles. The second kappa shape index (κ2) is 6.01. The van der Waals surface area contributed by atoms with Crippen LogP contribution in [0.4, 0.5) is 5.69 Å². The van der Waals surface area contributed by atoms with Crippen LogP contribution in [0.15, 0.2) is 27.6 Å². The highest BCUT2D eigenvalue weighted by atomic mass is 79.9. The third-order valence-corrected chi connectivity index (χ3v) is 5.67. The summed E-state index contributed by atoms with van der Waals surface area (Å²) in [6, 6.07) is 5.64. The molecule has 0 bridgehead atoms. The number of anilines is 1. The van der Waals surface area contributed by atoms with E-state index in [1.165, 1.54) is 25.7 Å². The van der Waals surface area contributed by atoms with Gasteiger partial charge in [-0.15, -0.1) is 0 Å². The zero-order valence-corrected chi connectivity index (χ0v) is 12.2. The lowest BCUT2D eigenvalue weighted by molar-refractivity contribution is 0.642. The Morgan fingerprint density at radius 2 is 1.82 bits per heavy atom. The van der Waals surface area contributed by atoms with Gasteiger partial charge >= 0.3 is 0 Å². The normalized spacial score (nSPS) is 19.8. The summed E-state index contributed by atoms with van der Waals surface area (Å²) in [5, 5.41) is 0.293. The second-order valence-corrected chi connectivity index (χ2v) is 7.21. The molecule has 0 radical (unpaired) electrons. The maximum absolute atomic E-state index is 12.5. The molecule has 1 aliphatic carbocycles. The molecule has 0 amide bonds. The van der Waals surface area contributed by atoms with Gasteiger partial charge in [-0.1, -0.05) is 41.6 Å². The van der Waals surface area contributed by atoms with Gasteiger partial charge in [-0.05, 0) is 31.0 Å². The highest BCUT2D eigenvalue weighted by Gasteiger charge is 2.21. The van der Waals surface area contributed by atoms with Gasteiger partial charge in [-0.3, -0.25) is 4.21 Å². The molecule has 17 heavy (non-hydrogen) atoms. The summed E-state index contributed by atoms with van der Waals surface area (Å²) in [5.41, 5.74) is 6.59. The van der Waals surface area contributed by atoms with Crippen molar-refractivity contribution >= 4 is 32.4 Å². The van der Waals surface area contributed by atoms with Crippen LogP contribution in [0.1, 0.15) is 38.5 Å². The Hall–Kier alpha value is -0.350. The standard InChI is InChI=1S/C13H18BrNOS/c14-10-7-8-13(12(15)9-10)17(16)11-5-3-1-2-4-6-11/h7-9,11H,1-6,15H2. The van der Waals surface area contributed by atoms with E-state index in [1.807, 2.05) is 18.2 Å². The Morgan fingerprint density at radius 3 is 2.41 bits per heavy atom. The second-order valence-electron chi connectivity index (χ2n) is 4.59. The first-order chi connectivity index (χ1) is 8.18. The first-order valence-electron chi connectivity index (χ1n) is 6.14. The number of rotatable bonds is 2. The van der Waals surface area contributed by atoms with Crippen molar-refractivity contribution in [3.05, 3.63) is 22.7 Å². The molecule has 0 saturated heterocycles. The highest BCUT2D eigenvalue weighted by molar-refractivity contribution is 9.10. The lowest BCUT2D eigenvalue weighted by Gasteiger charge is -2.15. The van der Waals surface area contributed by atoms with E-state index in [4.69, 9.17) is 5.73 Å². The Bertz CT molecular complexity index is 414. The van der Waals surface area contributed by atoms with E-state index in [9.17, 15) is 4.21 Å². The predicted octanol–water partition coefficient (Wildman–Crippen LogP) is 3.86. The first-order valence-corrected chi connectivity index (χ1v) is 8.14. The molecule has 4 heteroatoms. The SMILES string of the molecule is Nc1cc(Br)ccc1S(=O)C1CCCCCC1.